The molecule has 1 atom stereocenters. The molecule has 0 radical (unpaired) electrons. The maximum absolute atomic E-state index is 12.4. The van der Waals surface area contributed by atoms with E-state index in [1.54, 1.807) is 4.72 Å². The highest BCUT2D eigenvalue weighted by atomic mass is 35.5. The molecule has 0 spiro atoms. The van der Waals surface area contributed by atoms with Gasteiger partial charge in [0.1, 0.15) is 5.15 Å². The summed E-state index contributed by atoms with van der Waals surface area (Å²) in [5, 5.41) is 2.02. The molecular weight excluding hydrogens is 410 g/mol. The summed E-state index contributed by atoms with van der Waals surface area (Å²) in [4.78, 5) is 19.4. The summed E-state index contributed by atoms with van der Waals surface area (Å²) in [6, 6.07) is 0.0595. The number of carbonyl (C=O) groups excluding carboxylic acids is 1. The average Bonchev–Trinajstić information content (AvgIpc) is 3.08. The zero-order valence-electron chi connectivity index (χ0n) is 14.0. The van der Waals surface area contributed by atoms with Gasteiger partial charge in [0.25, 0.3) is 10.0 Å². The first-order valence-corrected chi connectivity index (χ1v) is 10.9. The molecule has 146 valence electrons. The van der Waals surface area contributed by atoms with Crippen LogP contribution in [0.25, 0.3) is 0 Å². The van der Waals surface area contributed by atoms with E-state index in [0.717, 1.165) is 11.2 Å². The molecule has 1 aromatic rings. The Balaban J connectivity index is 2.10. The first kappa shape index (κ1) is 20.6. The molecule has 0 saturated carbocycles. The van der Waals surface area contributed by atoms with Gasteiger partial charge >= 0.3 is 6.03 Å². The number of rotatable bonds is 6. The minimum atomic E-state index is -4.51. The summed E-state index contributed by atoms with van der Waals surface area (Å²) in [6.07, 6.45) is 1.32. The van der Waals surface area contributed by atoms with Gasteiger partial charge < -0.3 is 4.74 Å². The number of halogens is 1. The predicted octanol–water partition coefficient (Wildman–Crippen LogP) is 0.361. The molecule has 2 amide bonds. The highest BCUT2D eigenvalue weighted by Gasteiger charge is 2.40. The van der Waals surface area contributed by atoms with Crippen LogP contribution in [0, 0.1) is 0 Å². The normalized spacial score (nSPS) is 16.9. The molecule has 1 saturated heterocycles. The lowest BCUT2D eigenvalue weighted by Gasteiger charge is -2.21. The lowest BCUT2D eigenvalue weighted by molar-refractivity contribution is 0.256. The van der Waals surface area contributed by atoms with E-state index in [1.165, 1.54) is 13.2 Å². The number of ether oxygens (including phenoxy) is 1. The SMILES string of the molecule is COc1cc(Cl)nc(NC(=O)NS(=O)(=O)C(C)S(=O)(=O)N2CCCC2)n1. The molecule has 1 unspecified atom stereocenters. The Morgan fingerprint density at radius 2 is 1.88 bits per heavy atom. The molecule has 0 aromatic carbocycles. The number of nitrogens with zero attached hydrogens (tertiary/aromatic N) is 3. The van der Waals surface area contributed by atoms with Crippen LogP contribution < -0.4 is 14.8 Å². The molecule has 2 N–H and O–H groups in total. The molecule has 1 fully saturated rings. The molecule has 26 heavy (non-hydrogen) atoms. The number of amides is 2. The summed E-state index contributed by atoms with van der Waals surface area (Å²) in [5.74, 6) is -0.259. The molecule has 11 nitrogen and oxygen atoms in total. The summed E-state index contributed by atoms with van der Waals surface area (Å²) in [6.45, 7) is 1.51. The van der Waals surface area contributed by atoms with Crippen molar-refractivity contribution in [1.82, 2.24) is 19.0 Å². The number of hydrogen-bond acceptors (Lipinski definition) is 8. The summed E-state index contributed by atoms with van der Waals surface area (Å²) in [7, 11) is -7.30. The van der Waals surface area contributed by atoms with Crippen molar-refractivity contribution in [3.8, 4) is 5.88 Å². The third-order valence-electron chi connectivity index (χ3n) is 3.62. The van der Waals surface area contributed by atoms with Crippen molar-refractivity contribution < 1.29 is 26.4 Å². The molecule has 1 aromatic heterocycles. The molecule has 2 heterocycles. The van der Waals surface area contributed by atoms with Gasteiger partial charge in [-0.05, 0) is 19.8 Å². The van der Waals surface area contributed by atoms with Gasteiger partial charge in [-0.25, -0.2) is 35.6 Å². The van der Waals surface area contributed by atoms with Crippen LogP contribution in [-0.2, 0) is 20.0 Å². The first-order valence-electron chi connectivity index (χ1n) is 7.46. The number of methoxy groups -OCH3 is 1. The molecular formula is C12H18ClN5O6S2. The second-order valence-corrected chi connectivity index (χ2v) is 10.3. The van der Waals surface area contributed by atoms with Crippen molar-refractivity contribution in [3.05, 3.63) is 11.2 Å². The highest BCUT2D eigenvalue weighted by Crippen LogP contribution is 2.20. The first-order chi connectivity index (χ1) is 12.1. The zero-order valence-corrected chi connectivity index (χ0v) is 16.4. The van der Waals surface area contributed by atoms with Crippen molar-refractivity contribution in [1.29, 1.82) is 0 Å². The summed E-state index contributed by atoms with van der Waals surface area (Å²) >= 11 is 5.72. The largest absolute Gasteiger partial charge is 0.481 e. The molecule has 0 bridgehead atoms. The van der Waals surface area contributed by atoms with Gasteiger partial charge in [0.15, 0.2) is 4.58 Å². The Morgan fingerprint density at radius 1 is 1.27 bits per heavy atom. The van der Waals surface area contributed by atoms with Crippen LogP contribution in [0.1, 0.15) is 19.8 Å². The van der Waals surface area contributed by atoms with E-state index in [4.69, 9.17) is 16.3 Å². The Labute approximate surface area is 156 Å². The van der Waals surface area contributed by atoms with E-state index in [0.29, 0.717) is 12.8 Å². The van der Waals surface area contributed by atoms with Crippen LogP contribution >= 0.6 is 11.6 Å². The maximum atomic E-state index is 12.4. The molecule has 1 aliphatic heterocycles. The number of urea groups is 1. The predicted molar refractivity (Wildman–Crippen MR) is 93.9 cm³/mol. The van der Waals surface area contributed by atoms with Gasteiger partial charge in [-0.15, -0.1) is 0 Å². The van der Waals surface area contributed by atoms with E-state index in [-0.39, 0.29) is 30.1 Å². The number of nitrogens with one attached hydrogen (secondary N) is 2. The fraction of sp³-hybridized carbons (Fsp3) is 0.583. The third-order valence-corrected chi connectivity index (χ3v) is 8.57. The van der Waals surface area contributed by atoms with Crippen molar-refractivity contribution in [2.45, 2.75) is 24.3 Å². The van der Waals surface area contributed by atoms with Crippen molar-refractivity contribution in [3.63, 3.8) is 0 Å². The van der Waals surface area contributed by atoms with E-state index >= 15 is 0 Å². The average molecular weight is 428 g/mol. The van der Waals surface area contributed by atoms with Crippen molar-refractivity contribution >= 4 is 43.6 Å². The number of aromatic nitrogens is 2. The maximum Gasteiger partial charge on any atom is 0.335 e. The van der Waals surface area contributed by atoms with Gasteiger partial charge in [-0.1, -0.05) is 11.6 Å². The highest BCUT2D eigenvalue weighted by molar-refractivity contribution is 8.07. The monoisotopic (exact) mass is 427 g/mol. The molecule has 0 aliphatic carbocycles. The number of hydrogen-bond donors (Lipinski definition) is 2. The number of carbonyl (C=O) groups is 1. The standard InChI is InChI=1S/C12H18ClN5O6S2/c1-8(26(22,23)18-5-3-4-6-18)25(20,21)17-12(19)16-11-14-9(13)7-10(15-11)24-2/h7-8H,3-6H2,1-2H3,(H2,14,15,16,17,19). The van der Waals surface area contributed by atoms with E-state index < -0.39 is 30.7 Å². The van der Waals surface area contributed by atoms with E-state index in [9.17, 15) is 21.6 Å². The van der Waals surface area contributed by atoms with E-state index in [2.05, 4.69) is 15.3 Å². The Hall–Kier alpha value is -1.70. The smallest absolute Gasteiger partial charge is 0.335 e. The van der Waals surface area contributed by atoms with Crippen LogP contribution in [0.5, 0.6) is 5.88 Å². The second-order valence-electron chi connectivity index (χ2n) is 5.38. The molecule has 1 aliphatic rings. The van der Waals surface area contributed by atoms with Crippen LogP contribution in [0.15, 0.2) is 6.07 Å². The fourth-order valence-electron chi connectivity index (χ4n) is 2.21. The lowest BCUT2D eigenvalue weighted by atomic mass is 10.4. The topological polar surface area (TPSA) is 148 Å². The van der Waals surface area contributed by atoms with E-state index in [1.807, 2.05) is 0 Å². The third kappa shape index (κ3) is 4.72. The summed E-state index contributed by atoms with van der Waals surface area (Å²) < 4.78 is 55.0. The minimum Gasteiger partial charge on any atom is -0.481 e. The van der Waals surface area contributed by atoms with Crippen molar-refractivity contribution in [2.75, 3.05) is 25.5 Å². The quantitative estimate of drug-likeness (QED) is 0.618. The number of sulfonamides is 2. The van der Waals surface area contributed by atoms with Crippen LogP contribution in [0.3, 0.4) is 0 Å². The van der Waals surface area contributed by atoms with Crippen molar-refractivity contribution in [2.24, 2.45) is 0 Å². The minimum absolute atomic E-state index is 0.0417. The fourth-order valence-corrected chi connectivity index (χ4v) is 5.84. The Morgan fingerprint density at radius 3 is 2.46 bits per heavy atom. The lowest BCUT2D eigenvalue weighted by Crippen LogP contribution is -2.47. The number of anilines is 1. The zero-order chi connectivity index (χ0) is 19.5. The van der Waals surface area contributed by atoms with Crippen LogP contribution in [0.4, 0.5) is 10.7 Å². The second kappa shape index (κ2) is 7.90. The van der Waals surface area contributed by atoms with Gasteiger partial charge in [-0.2, -0.15) is 4.98 Å². The summed E-state index contributed by atoms with van der Waals surface area (Å²) in [5.41, 5.74) is 0. The molecule has 2 rings (SSSR count). The molecule has 14 heteroatoms. The van der Waals surface area contributed by atoms with Gasteiger partial charge in [-0.3, -0.25) is 5.32 Å². The Kier molecular flexibility index (Phi) is 6.26. The Bertz CT molecular complexity index is 885. The van der Waals surface area contributed by atoms with Crippen LogP contribution in [0.2, 0.25) is 5.15 Å². The van der Waals surface area contributed by atoms with Crippen LogP contribution in [-0.4, -0.2) is 61.9 Å². The van der Waals surface area contributed by atoms with Gasteiger partial charge in [0.2, 0.25) is 21.9 Å². The van der Waals surface area contributed by atoms with Gasteiger partial charge in [0, 0.05) is 19.2 Å². The van der Waals surface area contributed by atoms with Gasteiger partial charge in [0.05, 0.1) is 7.11 Å².